The third-order valence-corrected chi connectivity index (χ3v) is 3.66. The Morgan fingerprint density at radius 1 is 1.09 bits per heavy atom. The largest absolute Gasteiger partial charge is 0.452 e. The summed E-state index contributed by atoms with van der Waals surface area (Å²) >= 11 is 11.8. The molecule has 0 bridgehead atoms. The first-order valence-electron chi connectivity index (χ1n) is 6.47. The second kappa shape index (κ2) is 7.76. The molecule has 0 heterocycles. The van der Waals surface area contributed by atoms with Crippen LogP contribution in [0.4, 0.5) is 5.69 Å². The quantitative estimate of drug-likeness (QED) is 0.659. The van der Waals surface area contributed by atoms with E-state index in [1.165, 1.54) is 24.3 Å². The highest BCUT2D eigenvalue weighted by atomic mass is 35.5. The molecule has 0 fully saturated rings. The van der Waals surface area contributed by atoms with Crippen LogP contribution in [0.5, 0.6) is 0 Å². The molecule has 0 saturated carbocycles. The van der Waals surface area contributed by atoms with Gasteiger partial charge in [-0.3, -0.25) is 9.59 Å². The van der Waals surface area contributed by atoms with Crippen LogP contribution in [0.1, 0.15) is 20.7 Å². The van der Waals surface area contributed by atoms with Gasteiger partial charge in [-0.25, -0.2) is 4.79 Å². The van der Waals surface area contributed by atoms with Crippen molar-refractivity contribution >= 4 is 47.1 Å². The number of hydrogen-bond donors (Lipinski definition) is 1. The second-order valence-corrected chi connectivity index (χ2v) is 5.25. The molecule has 1 N–H and O–H groups in total. The van der Waals surface area contributed by atoms with Crippen LogP contribution >= 0.6 is 23.2 Å². The van der Waals surface area contributed by atoms with Gasteiger partial charge in [-0.1, -0.05) is 41.4 Å². The van der Waals surface area contributed by atoms with Crippen molar-refractivity contribution in [2.24, 2.45) is 0 Å². The number of aldehydes is 1. The fourth-order valence-corrected chi connectivity index (χ4v) is 2.05. The Balaban J connectivity index is 1.91. The molecule has 0 aromatic heterocycles. The summed E-state index contributed by atoms with van der Waals surface area (Å²) in [5.41, 5.74) is 1.01. The number of anilines is 1. The highest BCUT2D eigenvalue weighted by Gasteiger charge is 2.12. The third kappa shape index (κ3) is 4.55. The number of hydrogen-bond acceptors (Lipinski definition) is 4. The molecule has 2 aromatic rings. The summed E-state index contributed by atoms with van der Waals surface area (Å²) in [4.78, 5) is 34.1. The molecule has 23 heavy (non-hydrogen) atoms. The van der Waals surface area contributed by atoms with Gasteiger partial charge in [0.15, 0.2) is 6.61 Å². The van der Waals surface area contributed by atoms with E-state index < -0.39 is 18.5 Å². The summed E-state index contributed by atoms with van der Waals surface area (Å²) in [6, 6.07) is 10.6. The van der Waals surface area contributed by atoms with Crippen molar-refractivity contribution in [3.05, 3.63) is 63.6 Å². The smallest absolute Gasteiger partial charge is 0.338 e. The van der Waals surface area contributed by atoms with Gasteiger partial charge in [0.05, 0.1) is 21.3 Å². The normalized spacial score (nSPS) is 10.0. The number of nitrogens with one attached hydrogen (secondary N) is 1. The molecule has 118 valence electrons. The molecular formula is C16H11Cl2NO4. The number of rotatable bonds is 5. The minimum Gasteiger partial charge on any atom is -0.452 e. The van der Waals surface area contributed by atoms with Gasteiger partial charge in [-0.05, 0) is 24.3 Å². The Morgan fingerprint density at radius 3 is 2.43 bits per heavy atom. The highest BCUT2D eigenvalue weighted by Crippen LogP contribution is 2.29. The van der Waals surface area contributed by atoms with E-state index in [1.54, 1.807) is 18.2 Å². The highest BCUT2D eigenvalue weighted by molar-refractivity contribution is 6.44. The van der Waals surface area contributed by atoms with E-state index in [0.29, 0.717) is 22.6 Å². The van der Waals surface area contributed by atoms with Crippen LogP contribution in [0, 0.1) is 0 Å². The van der Waals surface area contributed by atoms with Crippen LogP contribution in [0.15, 0.2) is 42.5 Å². The maximum Gasteiger partial charge on any atom is 0.338 e. The van der Waals surface area contributed by atoms with Crippen LogP contribution in [-0.2, 0) is 9.53 Å². The Morgan fingerprint density at radius 2 is 1.78 bits per heavy atom. The first kappa shape index (κ1) is 17.0. The van der Waals surface area contributed by atoms with Crippen molar-refractivity contribution < 1.29 is 19.1 Å². The second-order valence-electron chi connectivity index (χ2n) is 4.47. The van der Waals surface area contributed by atoms with Crippen molar-refractivity contribution in [1.82, 2.24) is 0 Å². The van der Waals surface area contributed by atoms with E-state index in [0.717, 1.165) is 0 Å². The van der Waals surface area contributed by atoms with Crippen molar-refractivity contribution in [3.8, 4) is 0 Å². The molecule has 0 unspecified atom stereocenters. The van der Waals surface area contributed by atoms with Gasteiger partial charge in [0, 0.05) is 5.56 Å². The summed E-state index contributed by atoms with van der Waals surface area (Å²) < 4.78 is 4.89. The van der Waals surface area contributed by atoms with E-state index in [-0.39, 0.29) is 10.6 Å². The summed E-state index contributed by atoms with van der Waals surface area (Å²) in [5, 5.41) is 3.01. The van der Waals surface area contributed by atoms with Gasteiger partial charge >= 0.3 is 5.97 Å². The molecule has 0 aliphatic carbocycles. The molecule has 1 amide bonds. The number of carbonyl (C=O) groups is 3. The average molecular weight is 352 g/mol. The number of esters is 1. The van der Waals surface area contributed by atoms with Crippen molar-refractivity contribution in [2.45, 2.75) is 0 Å². The molecule has 0 aliphatic rings. The van der Waals surface area contributed by atoms with Gasteiger partial charge in [-0.15, -0.1) is 0 Å². The molecule has 0 aliphatic heterocycles. The Hall–Kier alpha value is -2.37. The van der Waals surface area contributed by atoms with E-state index >= 15 is 0 Å². The lowest BCUT2D eigenvalue weighted by atomic mass is 10.1. The van der Waals surface area contributed by atoms with Crippen LogP contribution < -0.4 is 5.32 Å². The lowest BCUT2D eigenvalue weighted by Gasteiger charge is -2.09. The fourth-order valence-electron chi connectivity index (χ4n) is 1.70. The maximum atomic E-state index is 11.8. The number of amides is 1. The molecule has 5 nitrogen and oxygen atoms in total. The Labute approximate surface area is 142 Å². The zero-order valence-electron chi connectivity index (χ0n) is 11.7. The number of carbonyl (C=O) groups excluding carboxylic acids is 3. The van der Waals surface area contributed by atoms with Crippen LogP contribution in [-0.4, -0.2) is 24.8 Å². The minimum absolute atomic E-state index is 0.207. The average Bonchev–Trinajstić information content (AvgIpc) is 2.57. The van der Waals surface area contributed by atoms with Gasteiger partial charge in [0.1, 0.15) is 6.29 Å². The van der Waals surface area contributed by atoms with E-state index in [2.05, 4.69) is 5.32 Å². The summed E-state index contributed by atoms with van der Waals surface area (Å²) in [6.07, 6.45) is 0.664. The number of halogens is 2. The molecular weight excluding hydrogens is 341 g/mol. The van der Waals surface area contributed by atoms with Gasteiger partial charge < -0.3 is 10.1 Å². The molecule has 7 heteroatoms. The topological polar surface area (TPSA) is 72.5 Å². The molecule has 0 saturated heterocycles. The van der Waals surface area contributed by atoms with Crippen LogP contribution in [0.25, 0.3) is 0 Å². The lowest BCUT2D eigenvalue weighted by molar-refractivity contribution is -0.119. The first-order valence-corrected chi connectivity index (χ1v) is 7.23. The SMILES string of the molecule is O=Cc1ccc(C(=O)OCC(=O)Nc2cccc(Cl)c2Cl)cc1. The summed E-state index contributed by atoms with van der Waals surface area (Å²) in [6.45, 7) is -0.475. The van der Waals surface area contributed by atoms with Crippen molar-refractivity contribution in [1.29, 1.82) is 0 Å². The molecule has 2 aromatic carbocycles. The van der Waals surface area contributed by atoms with Crippen LogP contribution in [0.3, 0.4) is 0 Å². The summed E-state index contributed by atoms with van der Waals surface area (Å²) in [5.74, 6) is -1.22. The Kier molecular flexibility index (Phi) is 5.73. The minimum atomic E-state index is -0.671. The molecule has 0 radical (unpaired) electrons. The zero-order valence-corrected chi connectivity index (χ0v) is 13.2. The monoisotopic (exact) mass is 351 g/mol. The third-order valence-electron chi connectivity index (χ3n) is 2.84. The van der Waals surface area contributed by atoms with E-state index in [9.17, 15) is 14.4 Å². The predicted octanol–water partition coefficient (Wildman–Crippen LogP) is 3.60. The van der Waals surface area contributed by atoms with Crippen molar-refractivity contribution in [3.63, 3.8) is 0 Å². The molecule has 2 rings (SSSR count). The predicted molar refractivity (Wildman–Crippen MR) is 87.2 cm³/mol. The Bertz CT molecular complexity index is 744. The standard InChI is InChI=1S/C16H11Cl2NO4/c17-12-2-1-3-13(15(12)18)19-14(21)9-23-16(22)11-6-4-10(8-20)5-7-11/h1-8H,9H2,(H,19,21). The molecule has 0 atom stereocenters. The number of benzene rings is 2. The lowest BCUT2D eigenvalue weighted by Crippen LogP contribution is -2.21. The van der Waals surface area contributed by atoms with Crippen LogP contribution in [0.2, 0.25) is 10.0 Å². The molecule has 0 spiro atoms. The van der Waals surface area contributed by atoms with Gasteiger partial charge in [0.2, 0.25) is 0 Å². The van der Waals surface area contributed by atoms with E-state index in [4.69, 9.17) is 27.9 Å². The van der Waals surface area contributed by atoms with Gasteiger partial charge in [-0.2, -0.15) is 0 Å². The fraction of sp³-hybridized carbons (Fsp3) is 0.0625. The zero-order chi connectivity index (χ0) is 16.8. The van der Waals surface area contributed by atoms with Gasteiger partial charge in [0.25, 0.3) is 5.91 Å². The van der Waals surface area contributed by atoms with E-state index in [1.807, 2.05) is 0 Å². The maximum absolute atomic E-state index is 11.8. The summed E-state index contributed by atoms with van der Waals surface area (Å²) in [7, 11) is 0. The first-order chi connectivity index (χ1) is 11.0. The number of ether oxygens (including phenoxy) is 1. The van der Waals surface area contributed by atoms with Crippen molar-refractivity contribution in [2.75, 3.05) is 11.9 Å².